The zero-order valence-corrected chi connectivity index (χ0v) is 15.7. The summed E-state index contributed by atoms with van der Waals surface area (Å²) in [6.07, 6.45) is 1.04. The first-order valence-electron chi connectivity index (χ1n) is 9.48. The third-order valence-corrected chi connectivity index (χ3v) is 5.29. The van der Waals surface area contributed by atoms with Gasteiger partial charge in [0.2, 0.25) is 5.91 Å². The Kier molecular flexibility index (Phi) is 4.48. The van der Waals surface area contributed by atoms with Crippen molar-refractivity contribution >= 4 is 28.3 Å². The lowest BCUT2D eigenvalue weighted by Crippen LogP contribution is -2.29. The lowest BCUT2D eigenvalue weighted by molar-refractivity contribution is -0.116. The van der Waals surface area contributed by atoms with Gasteiger partial charge in [-0.3, -0.25) is 13.9 Å². The minimum Gasteiger partial charge on any atom is -0.371 e. The molecular formula is C21H24N4O2. The number of nitrogens with one attached hydrogen (secondary N) is 1. The summed E-state index contributed by atoms with van der Waals surface area (Å²) in [6.45, 7) is 6.62. The number of para-hydroxylation sites is 2. The van der Waals surface area contributed by atoms with E-state index in [1.807, 2.05) is 43.3 Å². The van der Waals surface area contributed by atoms with E-state index in [1.165, 1.54) is 11.3 Å². The summed E-state index contributed by atoms with van der Waals surface area (Å²) in [5, 5.41) is 2.95. The van der Waals surface area contributed by atoms with Crippen LogP contribution in [-0.4, -0.2) is 28.1 Å². The van der Waals surface area contributed by atoms with Gasteiger partial charge in [0.15, 0.2) is 0 Å². The van der Waals surface area contributed by atoms with Crippen molar-refractivity contribution in [2.24, 2.45) is 0 Å². The molecule has 1 aliphatic rings. The zero-order chi connectivity index (χ0) is 19.0. The fraction of sp³-hybridized carbons (Fsp3) is 0.333. The predicted molar refractivity (Wildman–Crippen MR) is 109 cm³/mol. The van der Waals surface area contributed by atoms with E-state index in [9.17, 15) is 9.59 Å². The molecule has 140 valence electrons. The number of aryl methyl sites for hydroxylation is 1. The first-order valence-corrected chi connectivity index (χ1v) is 9.48. The first-order chi connectivity index (χ1) is 13.1. The third kappa shape index (κ3) is 3.01. The molecule has 0 aliphatic carbocycles. The molecule has 6 heteroatoms. The second-order valence-electron chi connectivity index (χ2n) is 6.82. The van der Waals surface area contributed by atoms with Crippen LogP contribution in [0.25, 0.3) is 11.0 Å². The van der Waals surface area contributed by atoms with E-state index >= 15 is 0 Å². The molecule has 0 bridgehead atoms. The summed E-state index contributed by atoms with van der Waals surface area (Å²) in [5.74, 6) is -0.197. The van der Waals surface area contributed by atoms with Crippen molar-refractivity contribution in [1.82, 2.24) is 9.13 Å². The summed E-state index contributed by atoms with van der Waals surface area (Å²) in [4.78, 5) is 27.6. The van der Waals surface area contributed by atoms with Gasteiger partial charge in [-0.15, -0.1) is 0 Å². The van der Waals surface area contributed by atoms with Crippen LogP contribution >= 0.6 is 0 Å². The van der Waals surface area contributed by atoms with Crippen molar-refractivity contribution in [1.29, 1.82) is 0 Å². The summed E-state index contributed by atoms with van der Waals surface area (Å²) in [7, 11) is 0. The molecule has 4 rings (SSSR count). The van der Waals surface area contributed by atoms with E-state index in [-0.39, 0.29) is 18.1 Å². The molecule has 1 aromatic heterocycles. The van der Waals surface area contributed by atoms with Crippen LogP contribution in [0.4, 0.5) is 11.4 Å². The van der Waals surface area contributed by atoms with Crippen LogP contribution in [0.5, 0.6) is 0 Å². The summed E-state index contributed by atoms with van der Waals surface area (Å²) in [5.41, 5.74) is 4.76. The second kappa shape index (κ2) is 6.95. The quantitative estimate of drug-likeness (QED) is 0.757. The van der Waals surface area contributed by atoms with Gasteiger partial charge in [0.25, 0.3) is 0 Å². The van der Waals surface area contributed by atoms with E-state index in [0.29, 0.717) is 6.54 Å². The Morgan fingerprint density at radius 1 is 1.04 bits per heavy atom. The van der Waals surface area contributed by atoms with Gasteiger partial charge in [0, 0.05) is 31.0 Å². The molecule has 0 unspecified atom stereocenters. The Morgan fingerprint density at radius 3 is 2.48 bits per heavy atom. The van der Waals surface area contributed by atoms with Crippen LogP contribution in [0.2, 0.25) is 0 Å². The number of hydrogen-bond donors (Lipinski definition) is 1. The predicted octanol–water partition coefficient (Wildman–Crippen LogP) is 2.84. The number of carbonyl (C=O) groups is 1. The van der Waals surface area contributed by atoms with Gasteiger partial charge >= 0.3 is 5.69 Å². The second-order valence-corrected chi connectivity index (χ2v) is 6.82. The highest BCUT2D eigenvalue weighted by molar-refractivity contribution is 5.92. The molecule has 27 heavy (non-hydrogen) atoms. The van der Waals surface area contributed by atoms with Gasteiger partial charge in [-0.2, -0.15) is 0 Å². The highest BCUT2D eigenvalue weighted by Gasteiger charge is 2.19. The Balaban J connectivity index is 1.59. The molecule has 0 radical (unpaired) electrons. The van der Waals surface area contributed by atoms with E-state index in [2.05, 4.69) is 23.2 Å². The number of hydrogen-bond acceptors (Lipinski definition) is 3. The molecule has 0 saturated carbocycles. The minimum atomic E-state index is -0.197. The molecule has 3 aromatic rings. The van der Waals surface area contributed by atoms with Crippen molar-refractivity contribution in [3.05, 3.63) is 58.5 Å². The van der Waals surface area contributed by atoms with Crippen molar-refractivity contribution < 1.29 is 4.79 Å². The van der Waals surface area contributed by atoms with Gasteiger partial charge in [0.05, 0.1) is 11.0 Å². The van der Waals surface area contributed by atoms with Gasteiger partial charge in [-0.05, 0) is 50.1 Å². The van der Waals surface area contributed by atoms with E-state index in [1.54, 1.807) is 9.13 Å². The number of fused-ring (bicyclic) bond motifs is 2. The highest BCUT2D eigenvalue weighted by atomic mass is 16.2. The summed E-state index contributed by atoms with van der Waals surface area (Å²) in [6, 6.07) is 13.6. The molecule has 6 nitrogen and oxygen atoms in total. The van der Waals surface area contributed by atoms with Crippen molar-refractivity contribution in [3.63, 3.8) is 0 Å². The van der Waals surface area contributed by atoms with Crippen LogP contribution < -0.4 is 15.9 Å². The number of imidazole rings is 1. The van der Waals surface area contributed by atoms with Crippen LogP contribution in [0.3, 0.4) is 0 Å². The maximum absolute atomic E-state index is 12.7. The van der Waals surface area contributed by atoms with Gasteiger partial charge in [0.1, 0.15) is 6.54 Å². The van der Waals surface area contributed by atoms with Crippen LogP contribution in [0, 0.1) is 0 Å². The molecule has 1 amide bonds. The molecule has 0 spiro atoms. The van der Waals surface area contributed by atoms with Crippen LogP contribution in [-0.2, 0) is 24.3 Å². The Morgan fingerprint density at radius 2 is 1.78 bits per heavy atom. The van der Waals surface area contributed by atoms with Crippen molar-refractivity contribution in [3.8, 4) is 0 Å². The lowest BCUT2D eigenvalue weighted by atomic mass is 10.1. The number of nitrogens with zero attached hydrogens (tertiary/aromatic N) is 3. The smallest absolute Gasteiger partial charge is 0.329 e. The SMILES string of the molecule is CCN1CCc2ccc(NC(=O)Cn3c(=O)n(CC)c4ccccc43)cc21. The zero-order valence-electron chi connectivity index (χ0n) is 15.7. The molecule has 0 saturated heterocycles. The molecule has 2 aromatic carbocycles. The largest absolute Gasteiger partial charge is 0.371 e. The van der Waals surface area contributed by atoms with E-state index < -0.39 is 0 Å². The molecular weight excluding hydrogens is 340 g/mol. The first kappa shape index (κ1) is 17.4. The average Bonchev–Trinajstić information content (AvgIpc) is 3.20. The topological polar surface area (TPSA) is 59.3 Å². The number of amides is 1. The number of rotatable bonds is 5. The number of likely N-dealkylation sites (N-methyl/N-ethyl adjacent to an activating group) is 1. The van der Waals surface area contributed by atoms with Gasteiger partial charge in [-0.25, -0.2) is 4.79 Å². The third-order valence-electron chi connectivity index (χ3n) is 5.29. The van der Waals surface area contributed by atoms with Crippen LogP contribution in [0.1, 0.15) is 19.4 Å². The standard InChI is InChI=1S/C21H24N4O2/c1-3-23-12-11-15-9-10-16(13-19(15)23)22-20(26)14-25-18-8-6-5-7-17(18)24(4-2)21(25)27/h5-10,13H,3-4,11-12,14H2,1-2H3,(H,22,26). The fourth-order valence-corrected chi connectivity index (χ4v) is 3.93. The normalized spacial score (nSPS) is 13.2. The summed E-state index contributed by atoms with van der Waals surface area (Å²) >= 11 is 0. The van der Waals surface area contributed by atoms with Gasteiger partial charge < -0.3 is 10.2 Å². The lowest BCUT2D eigenvalue weighted by Gasteiger charge is -2.17. The number of aromatic nitrogens is 2. The average molecular weight is 364 g/mol. The number of carbonyl (C=O) groups excluding carboxylic acids is 1. The fourth-order valence-electron chi connectivity index (χ4n) is 3.93. The summed E-state index contributed by atoms with van der Waals surface area (Å²) < 4.78 is 3.23. The maximum atomic E-state index is 12.7. The molecule has 1 N–H and O–H groups in total. The Bertz CT molecular complexity index is 1060. The number of anilines is 2. The number of benzene rings is 2. The van der Waals surface area contributed by atoms with Gasteiger partial charge in [-0.1, -0.05) is 18.2 Å². The maximum Gasteiger partial charge on any atom is 0.329 e. The molecule has 0 fully saturated rings. The van der Waals surface area contributed by atoms with Crippen molar-refractivity contribution in [2.45, 2.75) is 33.4 Å². The van der Waals surface area contributed by atoms with Crippen LogP contribution in [0.15, 0.2) is 47.3 Å². The van der Waals surface area contributed by atoms with Crippen molar-refractivity contribution in [2.75, 3.05) is 23.3 Å². The van der Waals surface area contributed by atoms with E-state index in [4.69, 9.17) is 0 Å². The Labute approximate surface area is 158 Å². The molecule has 2 heterocycles. The Hall–Kier alpha value is -3.02. The molecule has 0 atom stereocenters. The van der Waals surface area contributed by atoms with E-state index in [0.717, 1.165) is 36.2 Å². The molecule has 1 aliphatic heterocycles. The monoisotopic (exact) mass is 364 g/mol. The minimum absolute atomic E-state index is 0.000916. The highest BCUT2D eigenvalue weighted by Crippen LogP contribution is 2.30.